The molecular weight excluding hydrogens is 511 g/mol. The molecule has 0 unspecified atom stereocenters. The Hall–Kier alpha value is -2.52. The van der Waals surface area contributed by atoms with Crippen LogP contribution in [0.3, 0.4) is 0 Å². The molecule has 2 N–H and O–H groups in total. The number of carbonyl (C=O) groups is 1. The lowest BCUT2D eigenvalue weighted by Crippen LogP contribution is -2.34. The molecule has 0 aliphatic rings. The maximum Gasteiger partial charge on any atom is 0.259 e. The molecule has 4 rings (SSSR count). The fraction of sp³-hybridized carbons (Fsp3) is 0. The van der Waals surface area contributed by atoms with E-state index in [-0.39, 0.29) is 11.0 Å². The minimum atomic E-state index is -0.370. The summed E-state index contributed by atoms with van der Waals surface area (Å²) in [7, 11) is 0. The van der Waals surface area contributed by atoms with Crippen LogP contribution in [0.1, 0.15) is 10.4 Å². The average Bonchev–Trinajstić information content (AvgIpc) is 3.13. The number of nitrogens with zero attached hydrogens (tertiary/aromatic N) is 2. The van der Waals surface area contributed by atoms with Crippen LogP contribution in [0.25, 0.3) is 22.6 Å². The zero-order chi connectivity index (χ0) is 21.3. The van der Waals surface area contributed by atoms with Gasteiger partial charge in [-0.05, 0) is 70.6 Å². The molecule has 0 atom stereocenters. The Morgan fingerprint density at radius 1 is 1.07 bits per heavy atom. The highest BCUT2D eigenvalue weighted by Gasteiger charge is 2.12. The van der Waals surface area contributed by atoms with Crippen molar-refractivity contribution in [2.75, 3.05) is 5.32 Å². The third-order valence-electron chi connectivity index (χ3n) is 4.01. The van der Waals surface area contributed by atoms with Gasteiger partial charge in [-0.15, -0.1) is 0 Å². The average molecular weight is 522 g/mol. The van der Waals surface area contributed by atoms with Crippen LogP contribution < -0.4 is 10.6 Å². The van der Waals surface area contributed by atoms with Gasteiger partial charge < -0.3 is 9.73 Å². The summed E-state index contributed by atoms with van der Waals surface area (Å²) < 4.78 is 6.49. The number of benzene rings is 2. The summed E-state index contributed by atoms with van der Waals surface area (Å²) in [6.07, 6.45) is 3.04. The second kappa shape index (κ2) is 8.69. The zero-order valence-corrected chi connectivity index (χ0v) is 18.9. The van der Waals surface area contributed by atoms with Crippen LogP contribution >= 0.6 is 51.3 Å². The lowest BCUT2D eigenvalue weighted by Gasteiger charge is -2.09. The number of fused-ring (bicyclic) bond motifs is 1. The topological polar surface area (TPSA) is 80.0 Å². The molecule has 0 saturated heterocycles. The van der Waals surface area contributed by atoms with Crippen molar-refractivity contribution in [3.8, 4) is 11.5 Å². The Kier molecular flexibility index (Phi) is 6.01. The molecule has 0 bridgehead atoms. The lowest BCUT2D eigenvalue weighted by molar-refractivity contribution is 0.0977. The molecule has 10 heteroatoms. The van der Waals surface area contributed by atoms with E-state index in [2.05, 4.69) is 36.5 Å². The van der Waals surface area contributed by atoms with E-state index in [1.807, 2.05) is 0 Å². The number of pyridine rings is 1. The van der Waals surface area contributed by atoms with Crippen molar-refractivity contribution >= 4 is 79.2 Å². The van der Waals surface area contributed by atoms with Crippen molar-refractivity contribution in [2.24, 2.45) is 0 Å². The van der Waals surface area contributed by atoms with Gasteiger partial charge in [0.05, 0.1) is 15.6 Å². The molecular formula is C20H11BrCl2N4O2S. The maximum atomic E-state index is 12.3. The van der Waals surface area contributed by atoms with E-state index in [9.17, 15) is 4.79 Å². The highest BCUT2D eigenvalue weighted by molar-refractivity contribution is 9.10. The van der Waals surface area contributed by atoms with E-state index >= 15 is 0 Å². The number of amides is 1. The quantitative estimate of drug-likeness (QED) is 0.318. The SMILES string of the molecule is O=C(NC(=S)Nc1ccc2oc(-c3ccc(Cl)c(Cl)c3)nc2c1)c1cncc(Br)c1. The molecule has 2 heterocycles. The molecule has 30 heavy (non-hydrogen) atoms. The minimum absolute atomic E-state index is 0.146. The van der Waals surface area contributed by atoms with Gasteiger partial charge in [-0.2, -0.15) is 0 Å². The Bertz CT molecular complexity index is 1300. The molecule has 4 aromatic rings. The summed E-state index contributed by atoms with van der Waals surface area (Å²) in [5, 5.41) is 6.59. The van der Waals surface area contributed by atoms with Crippen molar-refractivity contribution in [1.82, 2.24) is 15.3 Å². The number of carbonyl (C=O) groups excluding carboxylic acids is 1. The summed E-state index contributed by atoms with van der Waals surface area (Å²) in [5.41, 5.74) is 2.95. The Labute approximate surface area is 194 Å². The number of nitrogens with one attached hydrogen (secondary N) is 2. The summed E-state index contributed by atoms with van der Waals surface area (Å²) in [4.78, 5) is 20.7. The van der Waals surface area contributed by atoms with Crippen LogP contribution in [0.2, 0.25) is 10.0 Å². The van der Waals surface area contributed by atoms with Crippen LogP contribution in [0.15, 0.2) is 63.7 Å². The van der Waals surface area contributed by atoms with Gasteiger partial charge in [-0.25, -0.2) is 4.98 Å². The number of anilines is 1. The summed E-state index contributed by atoms with van der Waals surface area (Å²) in [6, 6.07) is 12.1. The third kappa shape index (κ3) is 4.62. The van der Waals surface area contributed by atoms with Crippen LogP contribution in [0.4, 0.5) is 5.69 Å². The molecule has 2 aromatic carbocycles. The van der Waals surface area contributed by atoms with Gasteiger partial charge in [0, 0.05) is 28.1 Å². The largest absolute Gasteiger partial charge is 0.436 e. The molecule has 1 amide bonds. The number of thiocarbonyl (C=S) groups is 1. The molecule has 2 aromatic heterocycles. The fourth-order valence-electron chi connectivity index (χ4n) is 2.63. The minimum Gasteiger partial charge on any atom is -0.436 e. The van der Waals surface area contributed by atoms with Gasteiger partial charge in [-0.1, -0.05) is 23.2 Å². The Morgan fingerprint density at radius 2 is 1.90 bits per heavy atom. The van der Waals surface area contributed by atoms with Gasteiger partial charge in [0.15, 0.2) is 10.7 Å². The van der Waals surface area contributed by atoms with Crippen molar-refractivity contribution in [3.05, 3.63) is 74.9 Å². The number of aromatic nitrogens is 2. The first-order chi connectivity index (χ1) is 14.4. The standard InChI is InChI=1S/C20H11BrCl2N4O2S/c21-12-5-11(8-24-9-12)18(28)27-20(30)25-13-2-4-17-16(7-13)26-19(29-17)10-1-3-14(22)15(23)6-10/h1-9H,(H2,25,27,28,30). The van der Waals surface area contributed by atoms with Crippen LogP contribution in [0.5, 0.6) is 0 Å². The summed E-state index contributed by atoms with van der Waals surface area (Å²) in [6.45, 7) is 0. The van der Waals surface area contributed by atoms with Gasteiger partial charge in [0.25, 0.3) is 5.91 Å². The van der Waals surface area contributed by atoms with Gasteiger partial charge in [-0.3, -0.25) is 15.1 Å². The highest BCUT2D eigenvalue weighted by Crippen LogP contribution is 2.30. The van der Waals surface area contributed by atoms with Crippen LogP contribution in [0, 0.1) is 0 Å². The van der Waals surface area contributed by atoms with E-state index in [0.29, 0.717) is 48.3 Å². The zero-order valence-electron chi connectivity index (χ0n) is 14.9. The first-order valence-electron chi connectivity index (χ1n) is 8.48. The van der Waals surface area contributed by atoms with E-state index in [1.165, 1.54) is 6.20 Å². The van der Waals surface area contributed by atoms with E-state index < -0.39 is 0 Å². The van der Waals surface area contributed by atoms with E-state index in [1.54, 1.807) is 48.7 Å². The van der Waals surface area contributed by atoms with Gasteiger partial charge >= 0.3 is 0 Å². The normalized spacial score (nSPS) is 10.8. The first kappa shape index (κ1) is 20.7. The monoisotopic (exact) mass is 520 g/mol. The number of rotatable bonds is 3. The van der Waals surface area contributed by atoms with Gasteiger partial charge in [0.2, 0.25) is 5.89 Å². The van der Waals surface area contributed by atoms with Crippen LogP contribution in [-0.2, 0) is 0 Å². The lowest BCUT2D eigenvalue weighted by atomic mass is 10.2. The highest BCUT2D eigenvalue weighted by atomic mass is 79.9. The molecule has 0 saturated carbocycles. The number of halogens is 3. The molecule has 0 aliphatic carbocycles. The second-order valence-electron chi connectivity index (χ2n) is 6.13. The molecule has 0 fully saturated rings. The molecule has 150 valence electrons. The predicted octanol–water partition coefficient (Wildman–Crippen LogP) is 6.09. The molecule has 0 spiro atoms. The predicted molar refractivity (Wildman–Crippen MR) is 125 cm³/mol. The molecule has 0 radical (unpaired) electrons. The maximum absolute atomic E-state index is 12.3. The second-order valence-corrected chi connectivity index (χ2v) is 8.27. The van der Waals surface area contributed by atoms with Crippen molar-refractivity contribution in [1.29, 1.82) is 0 Å². The summed E-state index contributed by atoms with van der Waals surface area (Å²) >= 11 is 20.5. The van der Waals surface area contributed by atoms with E-state index in [0.717, 1.165) is 0 Å². The third-order valence-corrected chi connectivity index (χ3v) is 5.38. The molecule has 0 aliphatic heterocycles. The number of hydrogen-bond donors (Lipinski definition) is 2. The van der Waals surface area contributed by atoms with Crippen molar-refractivity contribution in [3.63, 3.8) is 0 Å². The van der Waals surface area contributed by atoms with Crippen molar-refractivity contribution in [2.45, 2.75) is 0 Å². The Morgan fingerprint density at radius 3 is 2.67 bits per heavy atom. The van der Waals surface area contributed by atoms with Crippen molar-refractivity contribution < 1.29 is 9.21 Å². The van der Waals surface area contributed by atoms with Crippen LogP contribution in [-0.4, -0.2) is 21.0 Å². The van der Waals surface area contributed by atoms with E-state index in [4.69, 9.17) is 39.8 Å². The molecule has 6 nitrogen and oxygen atoms in total. The number of hydrogen-bond acceptors (Lipinski definition) is 5. The Balaban J connectivity index is 1.50. The first-order valence-corrected chi connectivity index (χ1v) is 10.4. The number of oxazole rings is 1. The fourth-order valence-corrected chi connectivity index (χ4v) is 3.50. The smallest absolute Gasteiger partial charge is 0.259 e. The van der Waals surface area contributed by atoms with Gasteiger partial charge in [0.1, 0.15) is 5.52 Å². The summed E-state index contributed by atoms with van der Waals surface area (Å²) in [5.74, 6) is 0.0458.